The van der Waals surface area contributed by atoms with Crippen LogP contribution in [-0.4, -0.2) is 25.7 Å². The molecule has 1 atom stereocenters. The van der Waals surface area contributed by atoms with E-state index in [2.05, 4.69) is 22.1 Å². The Kier molecular flexibility index (Phi) is 2.99. The first kappa shape index (κ1) is 11.8. The third kappa shape index (κ3) is 2.10. The summed E-state index contributed by atoms with van der Waals surface area (Å²) in [5, 5.41) is 1.16. The van der Waals surface area contributed by atoms with Crippen molar-refractivity contribution in [1.82, 2.24) is 4.98 Å². The fourth-order valence-electron chi connectivity index (χ4n) is 2.39. The summed E-state index contributed by atoms with van der Waals surface area (Å²) in [4.78, 5) is 7.68. The van der Waals surface area contributed by atoms with Crippen molar-refractivity contribution in [2.24, 2.45) is 4.99 Å². The van der Waals surface area contributed by atoms with Gasteiger partial charge in [-0.15, -0.1) is 0 Å². The van der Waals surface area contributed by atoms with Gasteiger partial charge in [0.15, 0.2) is 11.5 Å². The summed E-state index contributed by atoms with van der Waals surface area (Å²) >= 11 is 0. The lowest BCUT2D eigenvalue weighted by molar-refractivity contribution is 0.354. The van der Waals surface area contributed by atoms with Crippen LogP contribution in [0.25, 0.3) is 6.08 Å². The third-order valence-electron chi connectivity index (χ3n) is 3.42. The largest absolute Gasteiger partial charge is 0.493 e. The zero-order valence-electron chi connectivity index (χ0n) is 11.0. The van der Waals surface area contributed by atoms with Crippen LogP contribution < -0.4 is 20.2 Å². The number of rotatable bonds is 3. The van der Waals surface area contributed by atoms with Gasteiger partial charge in [0.25, 0.3) is 0 Å². The molecule has 0 fully saturated rings. The highest BCUT2D eigenvalue weighted by atomic mass is 16.5. The molecule has 2 heterocycles. The number of nitrogens with one attached hydrogen (secondary N) is 1. The molecule has 19 heavy (non-hydrogen) atoms. The highest BCUT2D eigenvalue weighted by Crippen LogP contribution is 2.31. The Balaban J connectivity index is 2.00. The van der Waals surface area contributed by atoms with E-state index in [1.54, 1.807) is 14.2 Å². The first-order valence-electron chi connectivity index (χ1n) is 6.23. The van der Waals surface area contributed by atoms with E-state index in [-0.39, 0.29) is 5.92 Å². The smallest absolute Gasteiger partial charge is 0.161 e. The minimum atomic E-state index is 0.281. The zero-order chi connectivity index (χ0) is 13.2. The van der Waals surface area contributed by atoms with Gasteiger partial charge in [0.1, 0.15) is 5.49 Å². The molecular weight excluding hydrogens is 240 g/mol. The zero-order valence-corrected chi connectivity index (χ0v) is 11.0. The summed E-state index contributed by atoms with van der Waals surface area (Å²) in [6.07, 6.45) is 4.15. The van der Waals surface area contributed by atoms with Crippen molar-refractivity contribution >= 4 is 6.08 Å². The maximum absolute atomic E-state index is 5.35. The molecule has 1 aromatic carbocycles. The van der Waals surface area contributed by atoms with E-state index < -0.39 is 0 Å². The van der Waals surface area contributed by atoms with E-state index in [1.165, 1.54) is 5.56 Å². The van der Waals surface area contributed by atoms with Crippen LogP contribution >= 0.6 is 0 Å². The first-order chi connectivity index (χ1) is 9.31. The second-order valence-electron chi connectivity index (χ2n) is 4.51. The number of hydrogen-bond acceptors (Lipinski definition) is 3. The van der Waals surface area contributed by atoms with Gasteiger partial charge in [-0.3, -0.25) is 4.99 Å². The summed E-state index contributed by atoms with van der Waals surface area (Å²) in [7, 11) is 3.30. The standard InChI is InChI=1S/C15H16N2O2/c1-18-13-4-3-10(8-14(13)19-2)12-7-11-5-6-16-15(11)17-9-12/h3-8,12H,9H2,1-2H3,(H,16,17). The molecule has 4 heteroatoms. The topological polar surface area (TPSA) is 46.6 Å². The van der Waals surface area contributed by atoms with Crippen molar-refractivity contribution in [2.75, 3.05) is 20.8 Å². The number of H-pyrrole nitrogens is 1. The normalized spacial score (nSPS) is 17.1. The van der Waals surface area contributed by atoms with Crippen LogP contribution in [-0.2, 0) is 0 Å². The van der Waals surface area contributed by atoms with Crippen LogP contribution in [0.4, 0.5) is 0 Å². The summed E-state index contributed by atoms with van der Waals surface area (Å²) in [5.74, 6) is 1.79. The minimum Gasteiger partial charge on any atom is -0.493 e. The average molecular weight is 256 g/mol. The van der Waals surface area contributed by atoms with Gasteiger partial charge in [0.05, 0.1) is 20.8 Å². The number of aromatic nitrogens is 1. The van der Waals surface area contributed by atoms with Gasteiger partial charge >= 0.3 is 0 Å². The Morgan fingerprint density at radius 1 is 1.16 bits per heavy atom. The van der Waals surface area contributed by atoms with Crippen molar-refractivity contribution in [3.05, 3.63) is 46.7 Å². The van der Waals surface area contributed by atoms with Gasteiger partial charge in [-0.05, 0) is 23.8 Å². The van der Waals surface area contributed by atoms with Crippen molar-refractivity contribution in [2.45, 2.75) is 5.92 Å². The highest BCUT2D eigenvalue weighted by molar-refractivity contribution is 5.49. The lowest BCUT2D eigenvalue weighted by Crippen LogP contribution is -2.28. The molecule has 0 aliphatic carbocycles. The van der Waals surface area contributed by atoms with Gasteiger partial charge in [-0.2, -0.15) is 0 Å². The lowest BCUT2D eigenvalue weighted by Gasteiger charge is -2.15. The van der Waals surface area contributed by atoms with E-state index >= 15 is 0 Å². The van der Waals surface area contributed by atoms with Crippen LogP contribution in [0.1, 0.15) is 11.5 Å². The molecule has 1 unspecified atom stereocenters. The number of aromatic amines is 1. The van der Waals surface area contributed by atoms with Gasteiger partial charge in [0.2, 0.25) is 0 Å². The number of hydrogen-bond donors (Lipinski definition) is 1. The quantitative estimate of drug-likeness (QED) is 0.898. The van der Waals surface area contributed by atoms with Gasteiger partial charge in [-0.1, -0.05) is 12.1 Å². The first-order valence-corrected chi connectivity index (χ1v) is 6.23. The molecule has 0 radical (unpaired) electrons. The molecule has 4 nitrogen and oxygen atoms in total. The maximum Gasteiger partial charge on any atom is 0.161 e. The maximum atomic E-state index is 5.35. The Labute approximate surface area is 111 Å². The highest BCUT2D eigenvalue weighted by Gasteiger charge is 2.14. The second-order valence-corrected chi connectivity index (χ2v) is 4.51. The van der Waals surface area contributed by atoms with Crippen LogP contribution in [0, 0.1) is 0 Å². The SMILES string of the molecule is COc1ccc(C2C=c3cc[nH]c3=NC2)cc1OC. The number of ether oxygens (including phenoxy) is 2. The molecule has 1 aromatic heterocycles. The van der Waals surface area contributed by atoms with E-state index in [4.69, 9.17) is 9.47 Å². The molecule has 98 valence electrons. The summed E-state index contributed by atoms with van der Waals surface area (Å²) < 4.78 is 10.6. The summed E-state index contributed by atoms with van der Waals surface area (Å²) in [6.45, 7) is 0.753. The third-order valence-corrected chi connectivity index (χ3v) is 3.42. The van der Waals surface area contributed by atoms with E-state index in [9.17, 15) is 0 Å². The number of benzene rings is 1. The van der Waals surface area contributed by atoms with E-state index in [1.807, 2.05) is 24.4 Å². The molecular formula is C15H16N2O2. The predicted octanol–water partition coefficient (Wildman–Crippen LogP) is 1.23. The van der Waals surface area contributed by atoms with Crippen LogP contribution in [0.5, 0.6) is 11.5 Å². The van der Waals surface area contributed by atoms with Crippen LogP contribution in [0.3, 0.4) is 0 Å². The Morgan fingerprint density at radius 2 is 2.00 bits per heavy atom. The molecule has 2 aromatic rings. The molecule has 0 bridgehead atoms. The average Bonchev–Trinajstić information content (AvgIpc) is 2.93. The second kappa shape index (κ2) is 4.80. The minimum absolute atomic E-state index is 0.281. The van der Waals surface area contributed by atoms with Crippen LogP contribution in [0.2, 0.25) is 0 Å². The molecule has 1 aliphatic heterocycles. The van der Waals surface area contributed by atoms with E-state index in [0.717, 1.165) is 28.8 Å². The number of nitrogens with zero attached hydrogens (tertiary/aromatic N) is 1. The van der Waals surface area contributed by atoms with E-state index in [0.29, 0.717) is 0 Å². The predicted molar refractivity (Wildman–Crippen MR) is 73.2 cm³/mol. The van der Waals surface area contributed by atoms with Crippen molar-refractivity contribution in [1.29, 1.82) is 0 Å². The number of methoxy groups -OCH3 is 2. The molecule has 0 saturated carbocycles. The molecule has 0 spiro atoms. The van der Waals surface area contributed by atoms with Crippen molar-refractivity contribution in [3.63, 3.8) is 0 Å². The molecule has 1 aliphatic rings. The Bertz CT molecular complexity index is 703. The summed E-state index contributed by atoms with van der Waals surface area (Å²) in [5.41, 5.74) is 2.16. The fourth-order valence-corrected chi connectivity index (χ4v) is 2.39. The Morgan fingerprint density at radius 3 is 2.79 bits per heavy atom. The fraction of sp³-hybridized carbons (Fsp3) is 0.267. The lowest BCUT2D eigenvalue weighted by atomic mass is 9.96. The van der Waals surface area contributed by atoms with Gasteiger partial charge in [-0.25, -0.2) is 0 Å². The molecule has 3 rings (SSSR count). The van der Waals surface area contributed by atoms with Crippen molar-refractivity contribution < 1.29 is 9.47 Å². The molecule has 0 saturated heterocycles. The summed E-state index contributed by atoms with van der Waals surface area (Å²) in [6, 6.07) is 8.07. The number of fused-ring (bicyclic) bond motifs is 1. The monoisotopic (exact) mass is 256 g/mol. The molecule has 1 N–H and O–H groups in total. The Hall–Kier alpha value is -2.23. The van der Waals surface area contributed by atoms with Gasteiger partial charge < -0.3 is 14.5 Å². The van der Waals surface area contributed by atoms with Crippen molar-refractivity contribution in [3.8, 4) is 11.5 Å². The molecule has 0 amide bonds. The van der Waals surface area contributed by atoms with Crippen LogP contribution in [0.15, 0.2) is 35.5 Å². The van der Waals surface area contributed by atoms with Gasteiger partial charge in [0, 0.05) is 17.3 Å².